The molecule has 2 aromatic rings. The van der Waals surface area contributed by atoms with Gasteiger partial charge in [0.1, 0.15) is 0 Å². The molecule has 4 nitrogen and oxygen atoms in total. The fourth-order valence-electron chi connectivity index (χ4n) is 4.32. The SMILES string of the molecule is C.C=C/C(=C\CCC)C(=N)/C=C(\C=O)c1cc2ccc(CC3CCCN(C)CC3)cc2[nH]1.CC. The summed E-state index contributed by atoms with van der Waals surface area (Å²) in [4.78, 5) is 17.6. The topological polar surface area (TPSA) is 60.0 Å². The van der Waals surface area contributed by atoms with E-state index in [0.717, 1.165) is 53.6 Å². The van der Waals surface area contributed by atoms with Crippen molar-refractivity contribution in [1.29, 1.82) is 5.41 Å². The third kappa shape index (κ3) is 8.25. The second kappa shape index (κ2) is 15.2. The van der Waals surface area contributed by atoms with Gasteiger partial charge in [-0.2, -0.15) is 0 Å². The molecule has 0 saturated carbocycles. The van der Waals surface area contributed by atoms with Crippen molar-refractivity contribution >= 4 is 28.5 Å². The van der Waals surface area contributed by atoms with Crippen LogP contribution in [0.3, 0.4) is 0 Å². The number of aromatic amines is 1. The van der Waals surface area contributed by atoms with E-state index in [2.05, 4.69) is 48.6 Å². The summed E-state index contributed by atoms with van der Waals surface area (Å²) < 4.78 is 0. The van der Waals surface area contributed by atoms with E-state index >= 15 is 0 Å². The van der Waals surface area contributed by atoms with Gasteiger partial charge < -0.3 is 15.3 Å². The van der Waals surface area contributed by atoms with Crippen LogP contribution in [0.15, 0.2) is 54.6 Å². The van der Waals surface area contributed by atoms with Crippen LogP contribution in [-0.2, 0) is 11.2 Å². The second-order valence-corrected chi connectivity index (χ2v) is 8.69. The summed E-state index contributed by atoms with van der Waals surface area (Å²) in [5.74, 6) is 0.731. The molecule has 1 aromatic heterocycles. The van der Waals surface area contributed by atoms with Crippen LogP contribution >= 0.6 is 0 Å². The monoisotopic (exact) mass is 463 g/mol. The molecule has 1 aromatic carbocycles. The first-order chi connectivity index (χ1) is 16.0. The maximum Gasteiger partial charge on any atom is 0.152 e. The van der Waals surface area contributed by atoms with Crippen LogP contribution in [-0.4, -0.2) is 42.0 Å². The molecule has 1 saturated heterocycles. The van der Waals surface area contributed by atoms with Gasteiger partial charge in [0, 0.05) is 22.2 Å². The number of nitrogens with zero attached hydrogens (tertiary/aromatic N) is 1. The predicted octanol–water partition coefficient (Wildman–Crippen LogP) is 7.62. The zero-order valence-electron chi connectivity index (χ0n) is 20.9. The van der Waals surface area contributed by atoms with Gasteiger partial charge >= 0.3 is 0 Å². The highest BCUT2D eigenvalue weighted by Gasteiger charge is 2.16. The minimum Gasteiger partial charge on any atom is -0.354 e. The molecule has 1 fully saturated rings. The van der Waals surface area contributed by atoms with Gasteiger partial charge in [-0.15, -0.1) is 0 Å². The molecule has 1 unspecified atom stereocenters. The number of unbranched alkanes of at least 4 members (excludes halogenated alkanes) is 1. The molecule has 4 heteroatoms. The molecule has 3 rings (SSSR count). The Balaban J connectivity index is 0.00000188. The van der Waals surface area contributed by atoms with Crippen molar-refractivity contribution in [3.8, 4) is 0 Å². The number of hydrogen-bond acceptors (Lipinski definition) is 3. The number of likely N-dealkylation sites (tertiary alicyclic amines) is 1. The van der Waals surface area contributed by atoms with Gasteiger partial charge in [0.15, 0.2) is 6.29 Å². The smallest absolute Gasteiger partial charge is 0.152 e. The van der Waals surface area contributed by atoms with E-state index in [0.29, 0.717) is 11.3 Å². The largest absolute Gasteiger partial charge is 0.354 e. The van der Waals surface area contributed by atoms with Crippen LogP contribution in [0.1, 0.15) is 71.6 Å². The van der Waals surface area contributed by atoms with Crippen molar-refractivity contribution in [1.82, 2.24) is 9.88 Å². The highest BCUT2D eigenvalue weighted by molar-refractivity contribution is 6.20. The van der Waals surface area contributed by atoms with Crippen LogP contribution in [0.25, 0.3) is 16.5 Å². The van der Waals surface area contributed by atoms with Crippen LogP contribution < -0.4 is 0 Å². The van der Waals surface area contributed by atoms with E-state index in [1.165, 1.54) is 37.9 Å². The van der Waals surface area contributed by atoms with Crippen molar-refractivity contribution in [2.75, 3.05) is 20.1 Å². The lowest BCUT2D eigenvalue weighted by Crippen LogP contribution is -2.19. The van der Waals surface area contributed by atoms with E-state index in [1.807, 2.05) is 26.0 Å². The molecule has 1 aliphatic rings. The predicted molar refractivity (Wildman–Crippen MR) is 150 cm³/mol. The summed E-state index contributed by atoms with van der Waals surface area (Å²) >= 11 is 0. The number of rotatable bonds is 9. The standard InChI is InChI=1S/C27H35N3O.C2H6.CH4/c1-4-6-9-22(5-2)25(28)17-24(19-31)27-18-23-11-10-21(16-26(23)29-27)15-20-8-7-13-30(3)14-12-20;1-2;/h5,9-11,16-20,28-29H,2,4,6-8,12-15H2,1,3H3;1-2H3;1H4/b22-9+,24-17+,28-25?;;. The molecule has 186 valence electrons. The number of aldehydes is 1. The number of carbonyl (C=O) groups is 1. The molecule has 1 aliphatic heterocycles. The summed E-state index contributed by atoms with van der Waals surface area (Å²) in [6, 6.07) is 8.57. The fraction of sp³-hybridized carbons (Fsp3) is 0.467. The summed E-state index contributed by atoms with van der Waals surface area (Å²) in [5.41, 5.74) is 4.69. The van der Waals surface area contributed by atoms with Gasteiger partial charge in [-0.3, -0.25) is 4.79 Å². The number of hydrogen-bond donors (Lipinski definition) is 2. The first-order valence-electron chi connectivity index (χ1n) is 12.4. The average Bonchev–Trinajstić information content (AvgIpc) is 3.14. The molecule has 0 aliphatic carbocycles. The Labute approximate surface area is 207 Å². The molecular weight excluding hydrogens is 418 g/mol. The molecule has 2 N–H and O–H groups in total. The van der Waals surface area contributed by atoms with Gasteiger partial charge in [0.25, 0.3) is 0 Å². The number of H-pyrrole nitrogens is 1. The molecule has 0 spiro atoms. The fourth-order valence-corrected chi connectivity index (χ4v) is 4.32. The Bertz CT molecular complexity index is 996. The van der Waals surface area contributed by atoms with Gasteiger partial charge in [-0.25, -0.2) is 0 Å². The summed E-state index contributed by atoms with van der Waals surface area (Å²) in [5, 5.41) is 9.45. The number of aromatic nitrogens is 1. The summed E-state index contributed by atoms with van der Waals surface area (Å²) in [6.45, 7) is 12.3. The lowest BCUT2D eigenvalue weighted by molar-refractivity contribution is -0.103. The molecule has 0 bridgehead atoms. The summed E-state index contributed by atoms with van der Waals surface area (Å²) in [6.07, 6.45) is 12.9. The molecule has 34 heavy (non-hydrogen) atoms. The van der Waals surface area contributed by atoms with E-state index in [1.54, 1.807) is 12.2 Å². The Morgan fingerprint density at radius 3 is 2.68 bits per heavy atom. The average molecular weight is 464 g/mol. The van der Waals surface area contributed by atoms with E-state index in [9.17, 15) is 4.79 Å². The molecule has 2 heterocycles. The van der Waals surface area contributed by atoms with E-state index in [4.69, 9.17) is 5.41 Å². The number of allylic oxidation sites excluding steroid dienone is 5. The van der Waals surface area contributed by atoms with Gasteiger partial charge in [0.05, 0.1) is 5.71 Å². The highest BCUT2D eigenvalue weighted by Crippen LogP contribution is 2.26. The Morgan fingerprint density at radius 2 is 2.00 bits per heavy atom. The maximum atomic E-state index is 11.8. The lowest BCUT2D eigenvalue weighted by atomic mass is 9.92. The molecule has 0 radical (unpaired) electrons. The third-order valence-electron chi connectivity index (χ3n) is 6.20. The van der Waals surface area contributed by atoms with Crippen molar-refractivity contribution in [2.45, 2.75) is 66.7 Å². The summed E-state index contributed by atoms with van der Waals surface area (Å²) in [7, 11) is 2.21. The van der Waals surface area contributed by atoms with Crippen LogP contribution in [0, 0.1) is 11.3 Å². The maximum absolute atomic E-state index is 11.8. The van der Waals surface area contributed by atoms with Crippen molar-refractivity contribution < 1.29 is 4.79 Å². The van der Waals surface area contributed by atoms with Gasteiger partial charge in [0.2, 0.25) is 0 Å². The highest BCUT2D eigenvalue weighted by atomic mass is 16.1. The second-order valence-electron chi connectivity index (χ2n) is 8.69. The van der Waals surface area contributed by atoms with E-state index in [-0.39, 0.29) is 7.43 Å². The van der Waals surface area contributed by atoms with Crippen molar-refractivity contribution in [3.63, 3.8) is 0 Å². The quantitative estimate of drug-likeness (QED) is 0.174. The van der Waals surface area contributed by atoms with Crippen LogP contribution in [0.5, 0.6) is 0 Å². The minimum atomic E-state index is 0. The van der Waals surface area contributed by atoms with Crippen LogP contribution in [0.2, 0.25) is 0 Å². The number of carbonyl (C=O) groups excluding carboxylic acids is 1. The molecule has 1 atom stereocenters. The first kappa shape index (κ1) is 29.3. The minimum absolute atomic E-state index is 0. The normalized spacial score (nSPS) is 17.2. The molecular formula is C30H45N3O. The Kier molecular flexibility index (Phi) is 13.1. The van der Waals surface area contributed by atoms with Gasteiger partial charge in [-0.1, -0.05) is 65.5 Å². The van der Waals surface area contributed by atoms with Gasteiger partial charge in [-0.05, 0) is 87.5 Å². The number of benzene rings is 1. The van der Waals surface area contributed by atoms with Crippen molar-refractivity contribution in [3.05, 3.63) is 65.9 Å². The Morgan fingerprint density at radius 1 is 1.24 bits per heavy atom. The number of nitrogens with one attached hydrogen (secondary N) is 2. The first-order valence-corrected chi connectivity index (χ1v) is 12.4. The lowest BCUT2D eigenvalue weighted by Gasteiger charge is -2.15. The number of fused-ring (bicyclic) bond motifs is 1. The zero-order chi connectivity index (χ0) is 24.2. The molecule has 0 amide bonds. The van der Waals surface area contributed by atoms with Crippen molar-refractivity contribution in [2.24, 2.45) is 5.92 Å². The Hall–Kier alpha value is -2.72. The third-order valence-corrected chi connectivity index (χ3v) is 6.20. The van der Waals surface area contributed by atoms with Crippen LogP contribution in [0.4, 0.5) is 0 Å². The zero-order valence-corrected chi connectivity index (χ0v) is 20.9. The van der Waals surface area contributed by atoms with E-state index < -0.39 is 0 Å².